The molecular formula is C20H14N2O. The summed E-state index contributed by atoms with van der Waals surface area (Å²) < 4.78 is 0. The van der Waals surface area contributed by atoms with Crippen molar-refractivity contribution in [2.75, 3.05) is 0 Å². The Morgan fingerprint density at radius 1 is 0.913 bits per heavy atom. The Bertz CT molecular complexity index is 851. The fourth-order valence-electron chi connectivity index (χ4n) is 2.96. The Balaban J connectivity index is 2.21. The van der Waals surface area contributed by atoms with Gasteiger partial charge in [0.2, 0.25) is 0 Å². The molecular weight excluding hydrogens is 284 g/mol. The van der Waals surface area contributed by atoms with Gasteiger partial charge in [0.25, 0.3) is 0 Å². The fraction of sp³-hybridized carbons (Fsp3) is 0.100. The SMILES string of the molecule is N#CC(C#N)=C1C=C(c2ccccc2)[C@@](O)(c2ccccc2)C1. The molecule has 1 N–H and O–H groups in total. The fourth-order valence-corrected chi connectivity index (χ4v) is 2.96. The smallest absolute Gasteiger partial charge is 0.133 e. The predicted molar refractivity (Wildman–Crippen MR) is 87.6 cm³/mol. The maximum atomic E-state index is 11.4. The second kappa shape index (κ2) is 5.93. The molecule has 0 saturated heterocycles. The van der Waals surface area contributed by atoms with Crippen LogP contribution in [0, 0.1) is 22.7 Å². The van der Waals surface area contributed by atoms with Crippen LogP contribution in [0.2, 0.25) is 0 Å². The van der Waals surface area contributed by atoms with E-state index in [4.69, 9.17) is 10.5 Å². The number of nitriles is 2. The third-order valence-corrected chi connectivity index (χ3v) is 4.09. The van der Waals surface area contributed by atoms with Crippen molar-refractivity contribution in [1.82, 2.24) is 0 Å². The van der Waals surface area contributed by atoms with Gasteiger partial charge in [-0.05, 0) is 28.3 Å². The van der Waals surface area contributed by atoms with E-state index in [-0.39, 0.29) is 12.0 Å². The van der Waals surface area contributed by atoms with Gasteiger partial charge in [0.15, 0.2) is 0 Å². The van der Waals surface area contributed by atoms with Crippen LogP contribution in [0.1, 0.15) is 17.5 Å². The van der Waals surface area contributed by atoms with Crippen molar-refractivity contribution in [3.05, 3.63) is 89.0 Å². The molecule has 0 aromatic heterocycles. The van der Waals surface area contributed by atoms with Crippen molar-refractivity contribution in [2.24, 2.45) is 0 Å². The summed E-state index contributed by atoms with van der Waals surface area (Å²) >= 11 is 0. The first kappa shape index (κ1) is 14.8. The van der Waals surface area contributed by atoms with E-state index in [9.17, 15) is 5.11 Å². The Morgan fingerprint density at radius 2 is 1.48 bits per heavy atom. The number of benzene rings is 2. The van der Waals surface area contributed by atoms with Gasteiger partial charge in [0, 0.05) is 6.42 Å². The maximum absolute atomic E-state index is 11.4. The molecule has 0 radical (unpaired) electrons. The summed E-state index contributed by atoms with van der Waals surface area (Å²) in [6.07, 6.45) is 1.99. The first-order valence-electron chi connectivity index (χ1n) is 7.28. The lowest BCUT2D eigenvalue weighted by Gasteiger charge is -2.27. The Kier molecular flexibility index (Phi) is 3.81. The average Bonchev–Trinajstić information content (AvgIpc) is 2.96. The van der Waals surface area contributed by atoms with Crippen LogP contribution < -0.4 is 0 Å². The molecule has 0 aliphatic heterocycles. The maximum Gasteiger partial charge on any atom is 0.133 e. The van der Waals surface area contributed by atoms with Crippen molar-refractivity contribution in [3.63, 3.8) is 0 Å². The minimum Gasteiger partial charge on any atom is -0.380 e. The second-order valence-electron chi connectivity index (χ2n) is 5.45. The molecule has 3 heteroatoms. The normalized spacial score (nSPS) is 19.6. The van der Waals surface area contributed by atoms with Crippen LogP contribution in [0.25, 0.3) is 5.57 Å². The predicted octanol–water partition coefficient (Wildman–Crippen LogP) is 3.71. The van der Waals surface area contributed by atoms with Crippen LogP contribution in [-0.2, 0) is 5.60 Å². The van der Waals surface area contributed by atoms with Gasteiger partial charge >= 0.3 is 0 Å². The van der Waals surface area contributed by atoms with Crippen molar-refractivity contribution >= 4 is 5.57 Å². The van der Waals surface area contributed by atoms with Crippen molar-refractivity contribution in [2.45, 2.75) is 12.0 Å². The van der Waals surface area contributed by atoms with Gasteiger partial charge in [-0.25, -0.2) is 0 Å². The molecule has 1 aliphatic carbocycles. The average molecular weight is 298 g/mol. The highest BCUT2D eigenvalue weighted by Gasteiger charge is 2.40. The highest BCUT2D eigenvalue weighted by Crippen LogP contribution is 2.47. The number of hydrogen-bond acceptors (Lipinski definition) is 3. The third kappa shape index (κ3) is 2.55. The monoisotopic (exact) mass is 298 g/mol. The molecule has 1 aliphatic rings. The van der Waals surface area contributed by atoms with Gasteiger partial charge in [-0.1, -0.05) is 60.7 Å². The molecule has 110 valence electrons. The molecule has 2 aromatic rings. The van der Waals surface area contributed by atoms with E-state index in [0.29, 0.717) is 11.1 Å². The lowest BCUT2D eigenvalue weighted by molar-refractivity contribution is 0.107. The van der Waals surface area contributed by atoms with Gasteiger partial charge in [0.1, 0.15) is 23.3 Å². The van der Waals surface area contributed by atoms with E-state index in [1.165, 1.54) is 0 Å². The van der Waals surface area contributed by atoms with Crippen LogP contribution in [0.3, 0.4) is 0 Å². The number of hydrogen-bond donors (Lipinski definition) is 1. The minimum absolute atomic E-state index is 0.0466. The Hall–Kier alpha value is -3.14. The number of nitrogens with zero attached hydrogens (tertiary/aromatic N) is 2. The topological polar surface area (TPSA) is 67.8 Å². The largest absolute Gasteiger partial charge is 0.380 e. The van der Waals surface area contributed by atoms with Crippen LogP contribution in [-0.4, -0.2) is 5.11 Å². The van der Waals surface area contributed by atoms with Crippen molar-refractivity contribution < 1.29 is 5.11 Å². The summed E-state index contributed by atoms with van der Waals surface area (Å²) in [5.41, 5.74) is 1.72. The van der Waals surface area contributed by atoms with Gasteiger partial charge < -0.3 is 5.11 Å². The first-order chi connectivity index (χ1) is 11.2. The van der Waals surface area contributed by atoms with Gasteiger partial charge in [-0.3, -0.25) is 0 Å². The molecule has 0 unspecified atom stereocenters. The van der Waals surface area contributed by atoms with E-state index < -0.39 is 5.60 Å². The number of allylic oxidation sites excluding steroid dienone is 2. The second-order valence-corrected chi connectivity index (χ2v) is 5.45. The number of aliphatic hydroxyl groups is 1. The van der Waals surface area contributed by atoms with Crippen LogP contribution in [0.15, 0.2) is 77.9 Å². The highest BCUT2D eigenvalue weighted by molar-refractivity contribution is 5.80. The molecule has 0 amide bonds. The highest BCUT2D eigenvalue weighted by atomic mass is 16.3. The number of rotatable bonds is 2. The Labute approximate surface area is 135 Å². The zero-order valence-corrected chi connectivity index (χ0v) is 12.4. The molecule has 3 nitrogen and oxygen atoms in total. The standard InChI is InChI=1S/C20H14N2O/c21-13-17(14-22)16-11-19(15-7-3-1-4-8-15)20(23,12-16)18-9-5-2-6-10-18/h1-11,23H,12H2/t20-/m0/s1. The van der Waals surface area contributed by atoms with E-state index in [0.717, 1.165) is 11.1 Å². The molecule has 0 fully saturated rings. The van der Waals surface area contributed by atoms with Crippen molar-refractivity contribution in [1.29, 1.82) is 10.5 Å². The lowest BCUT2D eigenvalue weighted by atomic mass is 9.83. The van der Waals surface area contributed by atoms with Gasteiger partial charge in [-0.15, -0.1) is 0 Å². The molecule has 2 aromatic carbocycles. The molecule has 3 rings (SSSR count). The van der Waals surface area contributed by atoms with E-state index in [2.05, 4.69) is 0 Å². The summed E-state index contributed by atoms with van der Waals surface area (Å²) in [6, 6.07) is 22.7. The van der Waals surface area contributed by atoms with Crippen LogP contribution in [0.5, 0.6) is 0 Å². The zero-order chi connectivity index (χ0) is 16.3. The van der Waals surface area contributed by atoms with E-state index in [1.54, 1.807) is 6.08 Å². The molecule has 23 heavy (non-hydrogen) atoms. The minimum atomic E-state index is -1.24. The van der Waals surface area contributed by atoms with Gasteiger partial charge in [0.05, 0.1) is 0 Å². The molecule has 0 spiro atoms. The summed E-state index contributed by atoms with van der Waals surface area (Å²) in [4.78, 5) is 0. The van der Waals surface area contributed by atoms with E-state index in [1.807, 2.05) is 72.8 Å². The third-order valence-electron chi connectivity index (χ3n) is 4.09. The lowest BCUT2D eigenvalue weighted by Crippen LogP contribution is -2.24. The summed E-state index contributed by atoms with van der Waals surface area (Å²) in [5.74, 6) is 0. The van der Waals surface area contributed by atoms with Crippen LogP contribution in [0.4, 0.5) is 0 Å². The molecule has 0 bridgehead atoms. The zero-order valence-electron chi connectivity index (χ0n) is 12.4. The molecule has 0 saturated carbocycles. The first-order valence-corrected chi connectivity index (χ1v) is 7.28. The Morgan fingerprint density at radius 3 is 2.04 bits per heavy atom. The summed E-state index contributed by atoms with van der Waals surface area (Å²) in [6.45, 7) is 0. The summed E-state index contributed by atoms with van der Waals surface area (Å²) in [5, 5.41) is 29.7. The van der Waals surface area contributed by atoms with Gasteiger partial charge in [-0.2, -0.15) is 10.5 Å². The van der Waals surface area contributed by atoms with Crippen molar-refractivity contribution in [3.8, 4) is 12.1 Å². The quantitative estimate of drug-likeness (QED) is 0.859. The van der Waals surface area contributed by atoms with E-state index >= 15 is 0 Å². The van der Waals surface area contributed by atoms with Crippen LogP contribution >= 0.6 is 0 Å². The molecule has 1 atom stereocenters. The summed E-state index contributed by atoms with van der Waals surface area (Å²) in [7, 11) is 0. The molecule has 0 heterocycles.